The van der Waals surface area contributed by atoms with Crippen molar-refractivity contribution in [2.45, 2.75) is 0 Å². The van der Waals surface area contributed by atoms with Gasteiger partial charge in [-0.15, -0.1) is 0 Å². The Kier molecular flexibility index (Phi) is 3.89. The molecule has 0 aliphatic rings. The average Bonchev–Trinajstić information content (AvgIpc) is 2.86. The summed E-state index contributed by atoms with van der Waals surface area (Å²) in [6.45, 7) is 0. The van der Waals surface area contributed by atoms with Gasteiger partial charge in [-0.25, -0.2) is 0 Å². The maximum Gasteiger partial charge on any atom is 0.266 e. The monoisotopic (exact) mass is 301 g/mol. The van der Waals surface area contributed by atoms with Crippen molar-refractivity contribution in [2.24, 2.45) is 0 Å². The molecule has 21 heavy (non-hydrogen) atoms. The molecule has 2 rings (SSSR count). The topological polar surface area (TPSA) is 118 Å². The van der Waals surface area contributed by atoms with Gasteiger partial charge in [0.1, 0.15) is 17.5 Å². The summed E-state index contributed by atoms with van der Waals surface area (Å²) in [6, 6.07) is 3.76. The molecule has 1 aromatic carbocycles. The fraction of sp³-hybridized carbons (Fsp3) is 0. The number of nitriles is 1. The van der Waals surface area contributed by atoms with Crippen LogP contribution in [0.4, 0.5) is 30.9 Å². The quantitative estimate of drug-likeness (QED) is 0.775. The first kappa shape index (κ1) is 14.1. The van der Waals surface area contributed by atoms with Crippen LogP contribution in [0.5, 0.6) is 17.2 Å². The van der Waals surface area contributed by atoms with E-state index in [-0.39, 0.29) is 22.9 Å². The van der Waals surface area contributed by atoms with Crippen molar-refractivity contribution in [3.05, 3.63) is 17.7 Å². The molecule has 110 valence electrons. The summed E-state index contributed by atoms with van der Waals surface area (Å²) in [5.41, 5.74) is 5.16. The van der Waals surface area contributed by atoms with Crippen LogP contribution in [0.1, 0.15) is 5.56 Å². The highest BCUT2D eigenvalue weighted by atomic mass is 19.3. The summed E-state index contributed by atoms with van der Waals surface area (Å²) in [5, 5.41) is 17.3. The number of nitrogens with zero attached hydrogens (tertiary/aromatic N) is 2. The lowest BCUT2D eigenvalue weighted by molar-refractivity contribution is -0.0551. The number of hydrogen-bond acceptors (Lipinski definition) is 7. The summed E-state index contributed by atoms with van der Waals surface area (Å²) in [7, 11) is 0. The van der Waals surface area contributed by atoms with Gasteiger partial charge in [0.25, 0.3) is 5.75 Å². The van der Waals surface area contributed by atoms with E-state index in [0.29, 0.717) is 0 Å². The standard InChI is InChI=1S/C10H6F3N5O3/c11-19-6-2-1-5(7(20-12)8(6)21-13)16-10-4(3-14)9(15)17-18-10/h1-2H,(H4,15,16,17,18). The maximum atomic E-state index is 12.6. The molecule has 0 amide bonds. The molecule has 0 spiro atoms. The van der Waals surface area contributed by atoms with Crippen molar-refractivity contribution in [3.8, 4) is 23.3 Å². The number of H-pyrrole nitrogens is 1. The molecule has 1 heterocycles. The number of aromatic amines is 1. The third-order valence-corrected chi connectivity index (χ3v) is 2.47. The number of hydrogen-bond donors (Lipinski definition) is 3. The molecule has 1 aromatic heterocycles. The molecule has 0 aliphatic carbocycles. The molecule has 0 atom stereocenters. The smallest absolute Gasteiger partial charge is 0.266 e. The van der Waals surface area contributed by atoms with E-state index < -0.39 is 17.2 Å². The average molecular weight is 301 g/mol. The van der Waals surface area contributed by atoms with Crippen LogP contribution in [0.2, 0.25) is 0 Å². The molecule has 2 aromatic rings. The van der Waals surface area contributed by atoms with Gasteiger partial charge in [-0.3, -0.25) is 19.9 Å². The van der Waals surface area contributed by atoms with Crippen LogP contribution >= 0.6 is 0 Å². The summed E-state index contributed by atoms with van der Waals surface area (Å²) in [5.74, 6) is -2.69. The molecule has 0 unspecified atom stereocenters. The largest absolute Gasteiger partial charge is 0.383 e. The highest BCUT2D eigenvalue weighted by Crippen LogP contribution is 2.44. The summed E-state index contributed by atoms with van der Waals surface area (Å²) < 4.78 is 37.1. The minimum Gasteiger partial charge on any atom is -0.383 e. The Morgan fingerprint density at radius 1 is 1.19 bits per heavy atom. The zero-order chi connectivity index (χ0) is 15.4. The first-order chi connectivity index (χ1) is 10.2. The van der Waals surface area contributed by atoms with E-state index >= 15 is 0 Å². The zero-order valence-corrected chi connectivity index (χ0v) is 9.99. The molecule has 0 aliphatic heterocycles. The van der Waals surface area contributed by atoms with Gasteiger partial charge in [0.15, 0.2) is 5.82 Å². The minimum atomic E-state index is -0.980. The van der Waals surface area contributed by atoms with E-state index in [2.05, 4.69) is 30.3 Å². The predicted molar refractivity (Wildman–Crippen MR) is 62.6 cm³/mol. The Labute approximate surface area is 114 Å². The predicted octanol–water partition coefficient (Wildman–Crippen LogP) is 2.40. The highest BCUT2D eigenvalue weighted by Gasteiger charge is 2.23. The molecule has 0 bridgehead atoms. The van der Waals surface area contributed by atoms with E-state index in [9.17, 15) is 13.6 Å². The first-order valence-electron chi connectivity index (χ1n) is 5.20. The number of nitrogen functional groups attached to an aromatic ring is 1. The van der Waals surface area contributed by atoms with Gasteiger partial charge in [-0.05, 0) is 12.1 Å². The molecule has 0 radical (unpaired) electrons. The van der Waals surface area contributed by atoms with Crippen molar-refractivity contribution in [1.82, 2.24) is 10.2 Å². The highest BCUT2D eigenvalue weighted by molar-refractivity contribution is 5.75. The number of rotatable bonds is 5. The van der Waals surface area contributed by atoms with Gasteiger partial charge >= 0.3 is 0 Å². The Morgan fingerprint density at radius 2 is 1.90 bits per heavy atom. The third-order valence-electron chi connectivity index (χ3n) is 2.47. The Hall–Kier alpha value is -3.29. The van der Waals surface area contributed by atoms with Crippen molar-refractivity contribution in [3.63, 3.8) is 0 Å². The van der Waals surface area contributed by atoms with E-state index in [0.717, 1.165) is 12.1 Å². The maximum absolute atomic E-state index is 12.6. The van der Waals surface area contributed by atoms with Crippen LogP contribution in [0.25, 0.3) is 0 Å². The molecule has 8 nitrogen and oxygen atoms in total. The third kappa shape index (κ3) is 2.41. The van der Waals surface area contributed by atoms with Gasteiger partial charge in [-0.1, -0.05) is 0 Å². The Bertz CT molecular complexity index is 700. The van der Waals surface area contributed by atoms with Crippen LogP contribution in [-0.4, -0.2) is 10.2 Å². The second-order valence-electron chi connectivity index (χ2n) is 3.60. The molecular weight excluding hydrogens is 295 g/mol. The Balaban J connectivity index is 2.47. The van der Waals surface area contributed by atoms with E-state index in [1.54, 1.807) is 6.07 Å². The van der Waals surface area contributed by atoms with Crippen LogP contribution < -0.4 is 25.9 Å². The summed E-state index contributed by atoms with van der Waals surface area (Å²) in [6.07, 6.45) is 0. The molecule has 0 saturated carbocycles. The van der Waals surface area contributed by atoms with Crippen molar-refractivity contribution in [1.29, 1.82) is 5.26 Å². The lowest BCUT2D eigenvalue weighted by Gasteiger charge is -2.10. The lowest BCUT2D eigenvalue weighted by Crippen LogP contribution is -1.98. The number of nitrogens with one attached hydrogen (secondary N) is 2. The normalized spacial score (nSPS) is 9.81. The van der Waals surface area contributed by atoms with Crippen molar-refractivity contribution >= 4 is 17.3 Å². The molecule has 0 fully saturated rings. The lowest BCUT2D eigenvalue weighted by atomic mass is 10.2. The minimum absolute atomic E-state index is 0.0339. The number of halogens is 3. The zero-order valence-electron chi connectivity index (χ0n) is 9.99. The molecule has 4 N–H and O–H groups in total. The summed E-state index contributed by atoms with van der Waals surface area (Å²) >= 11 is 0. The first-order valence-corrected chi connectivity index (χ1v) is 5.20. The van der Waals surface area contributed by atoms with E-state index in [1.807, 2.05) is 0 Å². The van der Waals surface area contributed by atoms with Gasteiger partial charge in [0.2, 0.25) is 11.5 Å². The number of benzene rings is 1. The number of nitrogens with two attached hydrogens (primary N) is 1. The van der Waals surface area contributed by atoms with Crippen molar-refractivity contribution < 1.29 is 28.4 Å². The molecule has 11 heteroatoms. The second-order valence-corrected chi connectivity index (χ2v) is 3.60. The number of aromatic nitrogens is 2. The van der Waals surface area contributed by atoms with Gasteiger partial charge < -0.3 is 11.1 Å². The van der Waals surface area contributed by atoms with Crippen LogP contribution in [-0.2, 0) is 0 Å². The van der Waals surface area contributed by atoms with Crippen LogP contribution in [0, 0.1) is 11.3 Å². The van der Waals surface area contributed by atoms with Gasteiger partial charge in [-0.2, -0.15) is 10.4 Å². The van der Waals surface area contributed by atoms with Gasteiger partial charge in [0.05, 0.1) is 5.69 Å². The van der Waals surface area contributed by atoms with Crippen molar-refractivity contribution in [2.75, 3.05) is 11.1 Å². The fourth-order valence-electron chi connectivity index (χ4n) is 1.54. The SMILES string of the molecule is N#Cc1c(Nc2ccc(OF)c(OF)c2OF)n[nH]c1N. The molecular formula is C10H6F3N5O3. The van der Waals surface area contributed by atoms with Gasteiger partial charge in [0, 0.05) is 13.6 Å². The number of anilines is 3. The van der Waals surface area contributed by atoms with E-state index in [1.165, 1.54) is 0 Å². The summed E-state index contributed by atoms with van der Waals surface area (Å²) in [4.78, 5) is 10.0. The molecule has 0 saturated heterocycles. The fourth-order valence-corrected chi connectivity index (χ4v) is 1.54. The Morgan fingerprint density at radius 3 is 2.48 bits per heavy atom. The van der Waals surface area contributed by atoms with Crippen LogP contribution in [0.3, 0.4) is 0 Å². The van der Waals surface area contributed by atoms with E-state index in [4.69, 9.17) is 11.0 Å². The van der Waals surface area contributed by atoms with Crippen LogP contribution in [0.15, 0.2) is 12.1 Å². The second kappa shape index (κ2) is 5.78.